The Hall–Kier alpha value is -0.890. The molecule has 4 aliphatic rings. The van der Waals surface area contributed by atoms with Crippen molar-refractivity contribution in [3.63, 3.8) is 0 Å². The van der Waals surface area contributed by atoms with Crippen LogP contribution in [0, 0.1) is 23.2 Å². The van der Waals surface area contributed by atoms with Gasteiger partial charge in [-0.2, -0.15) is 0 Å². The van der Waals surface area contributed by atoms with Crippen molar-refractivity contribution in [3.05, 3.63) is 30.1 Å². The van der Waals surface area contributed by atoms with Crippen LogP contribution < -0.4 is 5.32 Å². The zero-order valence-corrected chi connectivity index (χ0v) is 13.4. The summed E-state index contributed by atoms with van der Waals surface area (Å²) in [5, 5.41) is 3.93. The molecule has 0 radical (unpaired) electrons. The molecule has 1 unspecified atom stereocenters. The maximum absolute atomic E-state index is 4.13. The highest BCUT2D eigenvalue weighted by Crippen LogP contribution is 2.61. The fraction of sp³-hybridized carbons (Fsp3) is 0.737. The Labute approximate surface area is 128 Å². The summed E-state index contributed by atoms with van der Waals surface area (Å²) in [6.07, 6.45) is 12.9. The molecule has 1 aromatic rings. The van der Waals surface area contributed by atoms with E-state index in [2.05, 4.69) is 36.3 Å². The van der Waals surface area contributed by atoms with Crippen LogP contribution in [-0.2, 0) is 0 Å². The van der Waals surface area contributed by atoms with Crippen LogP contribution in [0.4, 0.5) is 0 Å². The van der Waals surface area contributed by atoms with Gasteiger partial charge in [0.05, 0.1) is 0 Å². The van der Waals surface area contributed by atoms with E-state index in [4.69, 9.17) is 0 Å². The molecule has 1 heterocycles. The van der Waals surface area contributed by atoms with Gasteiger partial charge in [0.1, 0.15) is 0 Å². The first-order chi connectivity index (χ1) is 10.1. The Morgan fingerprint density at radius 1 is 1.00 bits per heavy atom. The molecule has 5 rings (SSSR count). The monoisotopic (exact) mass is 284 g/mol. The van der Waals surface area contributed by atoms with Crippen LogP contribution in [0.15, 0.2) is 24.5 Å². The lowest BCUT2D eigenvalue weighted by atomic mass is 9.48. The van der Waals surface area contributed by atoms with Crippen LogP contribution in [0.25, 0.3) is 0 Å². The quantitative estimate of drug-likeness (QED) is 0.889. The fourth-order valence-corrected chi connectivity index (χ4v) is 6.01. The van der Waals surface area contributed by atoms with E-state index >= 15 is 0 Å². The lowest BCUT2D eigenvalue weighted by Crippen LogP contribution is -2.55. The second kappa shape index (κ2) is 5.08. The van der Waals surface area contributed by atoms with Gasteiger partial charge in [-0.1, -0.05) is 0 Å². The highest BCUT2D eigenvalue weighted by Gasteiger charge is 2.53. The maximum Gasteiger partial charge on any atom is 0.0295 e. The number of nitrogens with zero attached hydrogens (tertiary/aromatic N) is 1. The number of nitrogens with one attached hydrogen (secondary N) is 1. The molecule has 0 spiro atoms. The van der Waals surface area contributed by atoms with Crippen molar-refractivity contribution < 1.29 is 0 Å². The molecule has 4 bridgehead atoms. The van der Waals surface area contributed by atoms with E-state index in [1.807, 2.05) is 12.4 Å². The molecular weight excluding hydrogens is 256 g/mol. The molecule has 21 heavy (non-hydrogen) atoms. The van der Waals surface area contributed by atoms with Gasteiger partial charge in [0.15, 0.2) is 0 Å². The summed E-state index contributed by atoms with van der Waals surface area (Å²) in [6.45, 7) is 4.75. The minimum absolute atomic E-state index is 0.427. The zero-order chi connectivity index (χ0) is 14.4. The normalized spacial score (nSPS) is 40.2. The van der Waals surface area contributed by atoms with Crippen molar-refractivity contribution >= 4 is 0 Å². The summed E-state index contributed by atoms with van der Waals surface area (Å²) < 4.78 is 0. The van der Waals surface area contributed by atoms with Crippen molar-refractivity contribution in [2.75, 3.05) is 0 Å². The number of hydrogen-bond acceptors (Lipinski definition) is 2. The Kier molecular flexibility index (Phi) is 3.33. The minimum atomic E-state index is 0.427. The smallest absolute Gasteiger partial charge is 0.0295 e. The van der Waals surface area contributed by atoms with Gasteiger partial charge < -0.3 is 5.32 Å². The lowest BCUT2D eigenvalue weighted by Gasteiger charge is -2.59. The van der Waals surface area contributed by atoms with E-state index in [9.17, 15) is 0 Å². The topological polar surface area (TPSA) is 24.9 Å². The minimum Gasteiger partial charge on any atom is -0.307 e. The van der Waals surface area contributed by atoms with Gasteiger partial charge in [-0.25, -0.2) is 0 Å². The predicted octanol–water partition coefficient (Wildman–Crippen LogP) is 4.34. The predicted molar refractivity (Wildman–Crippen MR) is 85.9 cm³/mol. The number of rotatable bonds is 4. The molecule has 0 saturated heterocycles. The second-order valence-corrected chi connectivity index (χ2v) is 8.17. The second-order valence-electron chi connectivity index (χ2n) is 8.17. The average Bonchev–Trinajstić information content (AvgIpc) is 2.46. The summed E-state index contributed by atoms with van der Waals surface area (Å²) in [5.74, 6) is 3.12. The first kappa shape index (κ1) is 13.8. The van der Waals surface area contributed by atoms with Gasteiger partial charge in [0.2, 0.25) is 0 Å². The number of aromatic nitrogens is 1. The van der Waals surface area contributed by atoms with Gasteiger partial charge >= 0.3 is 0 Å². The highest BCUT2D eigenvalue weighted by molar-refractivity contribution is 5.15. The van der Waals surface area contributed by atoms with Crippen LogP contribution in [0.2, 0.25) is 0 Å². The molecule has 4 fully saturated rings. The van der Waals surface area contributed by atoms with E-state index in [1.54, 1.807) is 0 Å². The first-order valence-electron chi connectivity index (χ1n) is 8.80. The molecule has 2 heteroatoms. The van der Waals surface area contributed by atoms with E-state index in [-0.39, 0.29) is 0 Å². The molecule has 0 amide bonds. The van der Waals surface area contributed by atoms with Crippen molar-refractivity contribution in [1.82, 2.24) is 10.3 Å². The van der Waals surface area contributed by atoms with Crippen molar-refractivity contribution in [3.8, 4) is 0 Å². The molecule has 1 N–H and O–H groups in total. The lowest BCUT2D eigenvalue weighted by molar-refractivity contribution is -0.0719. The number of hydrogen-bond donors (Lipinski definition) is 1. The van der Waals surface area contributed by atoms with Crippen LogP contribution in [0.5, 0.6) is 0 Å². The van der Waals surface area contributed by atoms with Crippen molar-refractivity contribution in [2.24, 2.45) is 23.2 Å². The standard InChI is InChI=1S/C19H28N2/c1-13(18-3-5-20-6-4-18)21-14(2)19-10-15-7-16(11-19)9-17(8-15)12-19/h3-6,13-17,21H,7-12H2,1-2H3/t13-,14?,15?,16?,17?,19?/m1/s1. The molecule has 0 aromatic carbocycles. The van der Waals surface area contributed by atoms with Crippen LogP contribution in [-0.4, -0.2) is 11.0 Å². The summed E-state index contributed by atoms with van der Waals surface area (Å²) in [4.78, 5) is 4.13. The molecule has 4 aliphatic carbocycles. The zero-order valence-electron chi connectivity index (χ0n) is 13.4. The molecule has 2 nitrogen and oxygen atoms in total. The van der Waals surface area contributed by atoms with Gasteiger partial charge in [0.25, 0.3) is 0 Å². The molecule has 2 atom stereocenters. The summed E-state index contributed by atoms with van der Waals surface area (Å²) >= 11 is 0. The fourth-order valence-electron chi connectivity index (χ4n) is 6.01. The van der Waals surface area contributed by atoms with Crippen molar-refractivity contribution in [1.29, 1.82) is 0 Å². The Balaban J connectivity index is 1.49. The van der Waals surface area contributed by atoms with E-state index in [0.717, 1.165) is 17.8 Å². The third-order valence-electron chi connectivity index (χ3n) is 6.71. The molecule has 4 saturated carbocycles. The van der Waals surface area contributed by atoms with Gasteiger partial charge in [-0.15, -0.1) is 0 Å². The highest BCUT2D eigenvalue weighted by atomic mass is 15.0. The maximum atomic E-state index is 4.13. The van der Waals surface area contributed by atoms with Crippen LogP contribution >= 0.6 is 0 Å². The number of pyridine rings is 1. The Bertz CT molecular complexity index is 460. The summed E-state index contributed by atoms with van der Waals surface area (Å²) in [6, 6.07) is 5.35. The van der Waals surface area contributed by atoms with Crippen molar-refractivity contribution in [2.45, 2.75) is 64.5 Å². The molecular formula is C19H28N2. The first-order valence-corrected chi connectivity index (χ1v) is 8.80. The Morgan fingerprint density at radius 3 is 2.05 bits per heavy atom. The molecule has 0 aliphatic heterocycles. The summed E-state index contributed by atoms with van der Waals surface area (Å²) in [5.41, 5.74) is 1.96. The van der Waals surface area contributed by atoms with E-state index in [1.165, 1.54) is 44.1 Å². The average molecular weight is 284 g/mol. The third-order valence-corrected chi connectivity index (χ3v) is 6.71. The third kappa shape index (κ3) is 2.42. The van der Waals surface area contributed by atoms with Gasteiger partial charge in [-0.05, 0) is 93.2 Å². The van der Waals surface area contributed by atoms with Gasteiger partial charge in [-0.3, -0.25) is 4.98 Å². The summed E-state index contributed by atoms with van der Waals surface area (Å²) in [7, 11) is 0. The van der Waals surface area contributed by atoms with E-state index in [0.29, 0.717) is 17.5 Å². The Morgan fingerprint density at radius 2 is 1.52 bits per heavy atom. The van der Waals surface area contributed by atoms with Crippen LogP contribution in [0.3, 0.4) is 0 Å². The molecule has 114 valence electrons. The van der Waals surface area contributed by atoms with Crippen LogP contribution in [0.1, 0.15) is 64.0 Å². The molecule has 1 aromatic heterocycles. The SMILES string of the molecule is CC(N[C@H](C)c1ccncc1)C12CC3CC(CC(C3)C1)C2. The van der Waals surface area contributed by atoms with Gasteiger partial charge in [0, 0.05) is 24.5 Å². The largest absolute Gasteiger partial charge is 0.307 e. The van der Waals surface area contributed by atoms with E-state index < -0.39 is 0 Å².